The van der Waals surface area contributed by atoms with Crippen LogP contribution in [0.2, 0.25) is 0 Å². The second kappa shape index (κ2) is 5.89. The summed E-state index contributed by atoms with van der Waals surface area (Å²) in [5.41, 5.74) is 4.46. The van der Waals surface area contributed by atoms with Crippen molar-refractivity contribution in [1.29, 1.82) is 5.26 Å². The Labute approximate surface area is 147 Å². The first-order valence-electron chi connectivity index (χ1n) is 8.55. The smallest absolute Gasteiger partial charge is 0.313 e. The zero-order valence-electron chi connectivity index (χ0n) is 14.0. The van der Waals surface area contributed by atoms with Gasteiger partial charge in [0.2, 0.25) is 0 Å². The maximum Gasteiger partial charge on any atom is 0.313 e. The highest BCUT2D eigenvalue weighted by molar-refractivity contribution is 5.81. The Morgan fingerprint density at radius 2 is 1.96 bits per heavy atom. The number of esters is 1. The molecule has 2 unspecified atom stereocenters. The van der Waals surface area contributed by atoms with Crippen molar-refractivity contribution in [1.82, 2.24) is 0 Å². The highest BCUT2D eigenvalue weighted by atomic mass is 16.5. The molecule has 1 aliphatic carbocycles. The number of ether oxygens (including phenoxy) is 1. The zero-order chi connectivity index (χ0) is 17.4. The van der Waals surface area contributed by atoms with Crippen LogP contribution in [-0.4, -0.2) is 12.6 Å². The van der Waals surface area contributed by atoms with Crippen molar-refractivity contribution < 1.29 is 9.53 Å². The van der Waals surface area contributed by atoms with Crippen LogP contribution < -0.4 is 0 Å². The minimum Gasteiger partial charge on any atom is -0.465 e. The Morgan fingerprint density at radius 1 is 1.20 bits per heavy atom. The minimum absolute atomic E-state index is 0.0740. The summed E-state index contributed by atoms with van der Waals surface area (Å²) < 4.78 is 5.35. The van der Waals surface area contributed by atoms with E-state index in [1.807, 2.05) is 36.4 Å². The first-order chi connectivity index (χ1) is 12.1. The first kappa shape index (κ1) is 15.7. The number of fused-ring (bicyclic) bond motifs is 1. The average molecular weight is 329 g/mol. The highest BCUT2D eigenvalue weighted by Crippen LogP contribution is 2.52. The van der Waals surface area contributed by atoms with Gasteiger partial charge in [0.25, 0.3) is 0 Å². The maximum atomic E-state index is 12.4. The molecule has 1 saturated carbocycles. The predicted molar refractivity (Wildman–Crippen MR) is 95.6 cm³/mol. The van der Waals surface area contributed by atoms with Crippen molar-refractivity contribution in [2.24, 2.45) is 11.3 Å². The van der Waals surface area contributed by atoms with Crippen LogP contribution in [0.4, 0.5) is 0 Å². The standard InChI is InChI=1S/C22H19NO2/c1-15-10-19-14-25-21(24)22(19,11-15)12-16-6-8-17(9-7-16)20-5-3-2-4-18(20)13-23/h2-9,19H,1,10-12,14H2. The van der Waals surface area contributed by atoms with Gasteiger partial charge in [-0.3, -0.25) is 4.79 Å². The van der Waals surface area contributed by atoms with Crippen molar-refractivity contribution in [3.63, 3.8) is 0 Å². The van der Waals surface area contributed by atoms with Crippen LogP contribution in [0.3, 0.4) is 0 Å². The van der Waals surface area contributed by atoms with E-state index in [1.54, 1.807) is 0 Å². The molecule has 2 fully saturated rings. The molecular weight excluding hydrogens is 310 g/mol. The van der Waals surface area contributed by atoms with E-state index in [1.165, 1.54) is 0 Å². The number of benzene rings is 2. The summed E-state index contributed by atoms with van der Waals surface area (Å²) in [6.07, 6.45) is 2.31. The molecule has 0 bridgehead atoms. The van der Waals surface area contributed by atoms with Gasteiger partial charge in [-0.2, -0.15) is 5.26 Å². The molecule has 1 saturated heterocycles. The average Bonchev–Trinajstić information content (AvgIpc) is 3.10. The van der Waals surface area contributed by atoms with Gasteiger partial charge >= 0.3 is 5.97 Å². The van der Waals surface area contributed by atoms with Gasteiger partial charge in [0.05, 0.1) is 23.7 Å². The molecule has 1 aliphatic heterocycles. The SMILES string of the molecule is C=C1CC2COC(=O)C2(Cc2ccc(-c3ccccc3C#N)cc2)C1. The number of carbonyl (C=O) groups excluding carboxylic acids is 1. The fourth-order valence-electron chi connectivity index (χ4n) is 4.26. The van der Waals surface area contributed by atoms with Gasteiger partial charge < -0.3 is 4.74 Å². The Kier molecular flexibility index (Phi) is 3.69. The van der Waals surface area contributed by atoms with Gasteiger partial charge in [-0.15, -0.1) is 0 Å². The van der Waals surface area contributed by atoms with E-state index in [4.69, 9.17) is 4.74 Å². The van der Waals surface area contributed by atoms with Gasteiger partial charge in [-0.05, 0) is 42.0 Å². The number of carbonyl (C=O) groups is 1. The number of nitrogens with zero attached hydrogens (tertiary/aromatic N) is 1. The van der Waals surface area contributed by atoms with Crippen molar-refractivity contribution in [3.8, 4) is 17.2 Å². The third-order valence-corrected chi connectivity index (χ3v) is 5.54. The Morgan fingerprint density at radius 3 is 2.72 bits per heavy atom. The fraction of sp³-hybridized carbons (Fsp3) is 0.273. The van der Waals surface area contributed by atoms with Crippen LogP contribution in [0.25, 0.3) is 11.1 Å². The quantitative estimate of drug-likeness (QED) is 0.624. The minimum atomic E-state index is -0.427. The zero-order valence-corrected chi connectivity index (χ0v) is 14.0. The second-order valence-corrected chi connectivity index (χ2v) is 7.11. The molecule has 2 aromatic carbocycles. The van der Waals surface area contributed by atoms with Crippen LogP contribution in [-0.2, 0) is 16.0 Å². The molecule has 0 aromatic heterocycles. The van der Waals surface area contributed by atoms with E-state index in [9.17, 15) is 10.1 Å². The predicted octanol–water partition coefficient (Wildman–Crippen LogP) is 4.28. The molecule has 124 valence electrons. The van der Waals surface area contributed by atoms with Gasteiger partial charge in [0, 0.05) is 5.92 Å². The molecule has 4 rings (SSSR count). The van der Waals surface area contributed by atoms with E-state index in [-0.39, 0.29) is 11.9 Å². The third-order valence-electron chi connectivity index (χ3n) is 5.54. The lowest BCUT2D eigenvalue weighted by Gasteiger charge is -2.24. The number of hydrogen-bond donors (Lipinski definition) is 0. The topological polar surface area (TPSA) is 50.1 Å². The highest BCUT2D eigenvalue weighted by Gasteiger charge is 2.55. The van der Waals surface area contributed by atoms with Crippen LogP contribution in [0.15, 0.2) is 60.7 Å². The molecule has 3 nitrogen and oxygen atoms in total. The van der Waals surface area contributed by atoms with Crippen LogP contribution >= 0.6 is 0 Å². The maximum absolute atomic E-state index is 12.4. The van der Waals surface area contributed by atoms with Gasteiger partial charge in [-0.1, -0.05) is 54.6 Å². The van der Waals surface area contributed by atoms with Crippen LogP contribution in [0, 0.1) is 22.7 Å². The van der Waals surface area contributed by atoms with Crippen molar-refractivity contribution >= 4 is 5.97 Å². The first-order valence-corrected chi connectivity index (χ1v) is 8.55. The Balaban J connectivity index is 1.62. The van der Waals surface area contributed by atoms with Gasteiger partial charge in [0.1, 0.15) is 0 Å². The molecule has 3 heteroatoms. The molecule has 2 aliphatic rings. The summed E-state index contributed by atoms with van der Waals surface area (Å²) >= 11 is 0. The Hall–Kier alpha value is -2.86. The number of nitriles is 1. The third kappa shape index (κ3) is 2.55. The molecule has 25 heavy (non-hydrogen) atoms. The molecule has 2 atom stereocenters. The summed E-state index contributed by atoms with van der Waals surface area (Å²) in [7, 11) is 0. The van der Waals surface area contributed by atoms with E-state index >= 15 is 0 Å². The van der Waals surface area contributed by atoms with Crippen molar-refractivity contribution in [2.45, 2.75) is 19.3 Å². The van der Waals surface area contributed by atoms with Crippen LogP contribution in [0.1, 0.15) is 24.0 Å². The molecule has 0 N–H and O–H groups in total. The largest absolute Gasteiger partial charge is 0.465 e. The van der Waals surface area contributed by atoms with Gasteiger partial charge in [0.15, 0.2) is 0 Å². The van der Waals surface area contributed by atoms with Crippen LogP contribution in [0.5, 0.6) is 0 Å². The molecule has 0 spiro atoms. The fourth-order valence-corrected chi connectivity index (χ4v) is 4.26. The molecular formula is C22H19NO2. The summed E-state index contributed by atoms with van der Waals surface area (Å²) in [5.74, 6) is 0.182. The normalized spacial score (nSPS) is 24.7. The number of rotatable bonds is 3. The lowest BCUT2D eigenvalue weighted by molar-refractivity contribution is -0.146. The van der Waals surface area contributed by atoms with E-state index in [0.717, 1.165) is 35.1 Å². The summed E-state index contributed by atoms with van der Waals surface area (Å²) in [4.78, 5) is 12.4. The molecule has 0 radical (unpaired) electrons. The molecule has 1 heterocycles. The number of allylic oxidation sites excluding steroid dienone is 1. The van der Waals surface area contributed by atoms with Crippen molar-refractivity contribution in [2.75, 3.05) is 6.61 Å². The Bertz CT molecular complexity index is 891. The molecule has 2 aromatic rings. The summed E-state index contributed by atoms with van der Waals surface area (Å²) in [6.45, 7) is 4.61. The number of cyclic esters (lactones) is 1. The number of hydrogen-bond acceptors (Lipinski definition) is 3. The summed E-state index contributed by atoms with van der Waals surface area (Å²) in [5, 5.41) is 9.27. The van der Waals surface area contributed by atoms with E-state index < -0.39 is 5.41 Å². The van der Waals surface area contributed by atoms with Crippen molar-refractivity contribution in [3.05, 3.63) is 71.8 Å². The second-order valence-electron chi connectivity index (χ2n) is 7.11. The molecule has 0 amide bonds. The van der Waals surface area contributed by atoms with E-state index in [2.05, 4.69) is 24.8 Å². The van der Waals surface area contributed by atoms with E-state index in [0.29, 0.717) is 18.6 Å². The lowest BCUT2D eigenvalue weighted by atomic mass is 9.75. The lowest BCUT2D eigenvalue weighted by Crippen LogP contribution is -2.31. The summed E-state index contributed by atoms with van der Waals surface area (Å²) in [6, 6.07) is 18.0. The monoisotopic (exact) mass is 329 g/mol. The van der Waals surface area contributed by atoms with Gasteiger partial charge in [-0.25, -0.2) is 0 Å².